The number of nitrogens with one attached hydrogen (secondary N) is 1. The summed E-state index contributed by atoms with van der Waals surface area (Å²) in [5, 5.41) is 17.3. The van der Waals surface area contributed by atoms with Gasteiger partial charge in [0.15, 0.2) is 24.1 Å². The minimum atomic E-state index is -1.32. The molecule has 1 fully saturated rings. The standard InChI is InChI=1S/C18H17N7O5S2/c1-30-22-11(12-20-17(19)32-23-12)13(26)21-18(15(29)25-5-2-8-31-16(18)25)9-24-6-3-10(4-7-24)14(27)28/h2-7,16H,8-9H2,1H3,(H3-,19,20,21,23,26,27,28)/t16-,18?/m0/s1. The number of hydrogen-bond donors (Lipinski definition) is 2. The number of carbonyl (C=O) groups is 3. The summed E-state index contributed by atoms with van der Waals surface area (Å²) in [6.07, 6.45) is 6.55. The van der Waals surface area contributed by atoms with Crippen LogP contribution in [0.25, 0.3) is 0 Å². The molecule has 0 aliphatic carbocycles. The molecule has 0 radical (unpaired) electrons. The molecule has 2 aliphatic heterocycles. The third-order valence-corrected chi connectivity index (χ3v) is 6.73. The highest BCUT2D eigenvalue weighted by molar-refractivity contribution is 8.00. The Morgan fingerprint density at radius 2 is 2.22 bits per heavy atom. The lowest BCUT2D eigenvalue weighted by Gasteiger charge is -2.53. The molecule has 32 heavy (non-hydrogen) atoms. The average molecular weight is 476 g/mol. The van der Waals surface area contributed by atoms with Crippen molar-refractivity contribution in [3.63, 3.8) is 0 Å². The number of nitrogens with two attached hydrogens (primary N) is 1. The first-order valence-electron chi connectivity index (χ1n) is 9.20. The van der Waals surface area contributed by atoms with Crippen LogP contribution in [0.2, 0.25) is 0 Å². The van der Waals surface area contributed by atoms with E-state index in [1.54, 1.807) is 10.8 Å². The van der Waals surface area contributed by atoms with Gasteiger partial charge in [0.2, 0.25) is 17.1 Å². The van der Waals surface area contributed by atoms with Crippen molar-refractivity contribution < 1.29 is 28.9 Å². The summed E-state index contributed by atoms with van der Waals surface area (Å²) in [5.74, 6) is -1.70. The first-order chi connectivity index (χ1) is 15.4. The number of nitrogens with zero attached hydrogens (tertiary/aromatic N) is 5. The van der Waals surface area contributed by atoms with Gasteiger partial charge in [-0.3, -0.25) is 9.59 Å². The Morgan fingerprint density at radius 3 is 2.84 bits per heavy atom. The quantitative estimate of drug-likeness (QED) is 0.201. The highest BCUT2D eigenvalue weighted by Crippen LogP contribution is 2.41. The number of aromatic carboxylic acids is 1. The Balaban J connectivity index is 1.66. The molecule has 0 saturated carbocycles. The normalized spacial score (nSPS) is 22.2. The third-order valence-electron chi connectivity index (χ3n) is 4.85. The van der Waals surface area contributed by atoms with Crippen molar-refractivity contribution in [1.82, 2.24) is 19.6 Å². The van der Waals surface area contributed by atoms with E-state index >= 15 is 0 Å². The molecule has 1 saturated heterocycles. The second kappa shape index (κ2) is 8.55. The molecular formula is C18H17N7O5S2. The van der Waals surface area contributed by atoms with Crippen molar-refractivity contribution in [3.8, 4) is 0 Å². The third kappa shape index (κ3) is 3.78. The number of carboxylic acid groups (broad SMARTS) is 1. The largest absolute Gasteiger partial charge is 0.545 e. The summed E-state index contributed by atoms with van der Waals surface area (Å²) in [7, 11) is 1.27. The van der Waals surface area contributed by atoms with Gasteiger partial charge in [-0.2, -0.15) is 9.36 Å². The van der Waals surface area contributed by atoms with Crippen molar-refractivity contribution >= 4 is 51.9 Å². The van der Waals surface area contributed by atoms with Gasteiger partial charge in [0.1, 0.15) is 12.5 Å². The fourth-order valence-electron chi connectivity index (χ4n) is 3.44. The van der Waals surface area contributed by atoms with Crippen molar-refractivity contribution in [2.75, 3.05) is 18.6 Å². The Morgan fingerprint density at radius 1 is 1.47 bits per heavy atom. The Labute approximate surface area is 189 Å². The number of pyridine rings is 1. The molecule has 4 rings (SSSR count). The minimum absolute atomic E-state index is 0.00224. The lowest BCUT2D eigenvalue weighted by Crippen LogP contribution is -2.82. The van der Waals surface area contributed by atoms with Gasteiger partial charge in [0.05, 0.1) is 5.97 Å². The molecule has 4 heterocycles. The fourth-order valence-corrected chi connectivity index (χ4v) is 5.10. The second-order valence-corrected chi connectivity index (χ2v) is 8.73. The van der Waals surface area contributed by atoms with E-state index in [2.05, 4.69) is 19.8 Å². The number of carboxylic acids is 1. The molecule has 3 N–H and O–H groups in total. The number of hydrogen-bond acceptors (Lipinski definition) is 11. The number of aromatic nitrogens is 3. The molecule has 2 aliphatic rings. The van der Waals surface area contributed by atoms with Crippen LogP contribution >= 0.6 is 23.3 Å². The van der Waals surface area contributed by atoms with Crippen LogP contribution in [0.5, 0.6) is 0 Å². The van der Waals surface area contributed by atoms with Crippen LogP contribution in [0.4, 0.5) is 5.13 Å². The van der Waals surface area contributed by atoms with Gasteiger partial charge in [-0.05, 0) is 0 Å². The maximum atomic E-state index is 13.2. The van der Waals surface area contributed by atoms with Crippen LogP contribution in [-0.2, 0) is 21.0 Å². The topological polar surface area (TPSA) is 167 Å². The first kappa shape index (κ1) is 21.7. The summed E-state index contributed by atoms with van der Waals surface area (Å²) in [4.78, 5) is 47.6. The number of oxime groups is 1. The molecule has 1 unspecified atom stereocenters. The van der Waals surface area contributed by atoms with E-state index in [0.29, 0.717) is 5.75 Å². The number of fused-ring (bicyclic) bond motifs is 1. The molecule has 2 aromatic heterocycles. The molecule has 166 valence electrons. The van der Waals surface area contributed by atoms with Crippen LogP contribution < -0.4 is 20.7 Å². The van der Waals surface area contributed by atoms with E-state index < -0.39 is 17.4 Å². The van der Waals surface area contributed by atoms with E-state index in [9.17, 15) is 19.5 Å². The van der Waals surface area contributed by atoms with E-state index in [-0.39, 0.29) is 40.1 Å². The number of nitrogen functional groups attached to an aromatic ring is 1. The number of β-lactam (4-membered cyclic amide) rings is 1. The highest BCUT2D eigenvalue weighted by atomic mass is 32.2. The van der Waals surface area contributed by atoms with Gasteiger partial charge in [-0.1, -0.05) is 11.2 Å². The van der Waals surface area contributed by atoms with Gasteiger partial charge < -0.3 is 30.7 Å². The number of rotatable bonds is 7. The predicted octanol–water partition coefficient (Wildman–Crippen LogP) is -1.89. The number of thioether (sulfide) groups is 1. The Hall–Kier alpha value is -3.52. The zero-order chi connectivity index (χ0) is 22.9. The predicted molar refractivity (Wildman–Crippen MR) is 112 cm³/mol. The summed E-state index contributed by atoms with van der Waals surface area (Å²) in [6.45, 7) is 0.0554. The second-order valence-electron chi connectivity index (χ2n) is 6.83. The van der Waals surface area contributed by atoms with Crippen LogP contribution in [0.15, 0.2) is 42.0 Å². The van der Waals surface area contributed by atoms with Crippen LogP contribution in [0, 0.1) is 0 Å². The zero-order valence-electron chi connectivity index (χ0n) is 16.6. The molecule has 0 spiro atoms. The zero-order valence-corrected chi connectivity index (χ0v) is 18.3. The Bertz CT molecular complexity index is 1130. The smallest absolute Gasteiger partial charge is 0.278 e. The minimum Gasteiger partial charge on any atom is -0.545 e. The molecule has 14 heteroatoms. The van der Waals surface area contributed by atoms with Crippen molar-refractivity contribution in [2.45, 2.75) is 17.5 Å². The number of carbonyl (C=O) groups excluding carboxylic acids is 3. The maximum absolute atomic E-state index is 13.2. The molecular weight excluding hydrogens is 458 g/mol. The fraction of sp³-hybridized carbons (Fsp3) is 0.278. The van der Waals surface area contributed by atoms with Crippen molar-refractivity contribution in [2.24, 2.45) is 5.16 Å². The van der Waals surface area contributed by atoms with E-state index in [0.717, 1.165) is 11.5 Å². The molecule has 0 bridgehead atoms. The molecule has 2 amide bonds. The lowest BCUT2D eigenvalue weighted by atomic mass is 9.87. The summed E-state index contributed by atoms with van der Waals surface area (Å²) in [5.41, 5.74) is 4.07. The summed E-state index contributed by atoms with van der Waals surface area (Å²) >= 11 is 2.38. The van der Waals surface area contributed by atoms with Crippen LogP contribution in [0.1, 0.15) is 16.2 Å². The van der Waals surface area contributed by atoms with E-state index in [1.165, 1.54) is 48.3 Å². The maximum Gasteiger partial charge on any atom is 0.278 e. The van der Waals surface area contributed by atoms with Gasteiger partial charge in [-0.25, -0.2) is 4.57 Å². The van der Waals surface area contributed by atoms with E-state index in [1.807, 2.05) is 6.08 Å². The van der Waals surface area contributed by atoms with Crippen molar-refractivity contribution in [3.05, 3.63) is 48.2 Å². The van der Waals surface area contributed by atoms with Gasteiger partial charge in [0, 0.05) is 41.2 Å². The summed E-state index contributed by atoms with van der Waals surface area (Å²) in [6, 6.07) is 2.72. The van der Waals surface area contributed by atoms with E-state index in [4.69, 9.17) is 10.6 Å². The van der Waals surface area contributed by atoms with Crippen LogP contribution in [0.3, 0.4) is 0 Å². The first-order valence-corrected chi connectivity index (χ1v) is 11.0. The molecule has 2 atom stereocenters. The van der Waals surface area contributed by atoms with Crippen molar-refractivity contribution in [1.29, 1.82) is 0 Å². The molecule has 12 nitrogen and oxygen atoms in total. The SMILES string of the molecule is CON=C(C(=O)NC1(C[n+]2ccc(C(=O)[O-])cc2)C(=O)N2C=CCS[C@H]21)c1nsc(N)n1. The number of anilines is 1. The van der Waals surface area contributed by atoms with Crippen LogP contribution in [-0.4, -0.2) is 61.5 Å². The Kier molecular flexibility index (Phi) is 5.80. The van der Waals surface area contributed by atoms with Gasteiger partial charge in [-0.15, -0.1) is 11.8 Å². The van der Waals surface area contributed by atoms with Gasteiger partial charge >= 0.3 is 0 Å². The monoisotopic (exact) mass is 475 g/mol. The number of amides is 2. The molecule has 0 aromatic carbocycles. The highest BCUT2D eigenvalue weighted by Gasteiger charge is 2.65. The lowest BCUT2D eigenvalue weighted by molar-refractivity contribution is -0.704. The summed E-state index contributed by atoms with van der Waals surface area (Å²) < 4.78 is 5.61. The average Bonchev–Trinajstić information content (AvgIpc) is 3.22. The molecule has 2 aromatic rings. The van der Waals surface area contributed by atoms with Gasteiger partial charge in [0.25, 0.3) is 11.8 Å².